The van der Waals surface area contributed by atoms with Crippen LogP contribution in [0.15, 0.2) is 29.2 Å². The van der Waals surface area contributed by atoms with Crippen molar-refractivity contribution in [1.82, 2.24) is 14.1 Å². The first kappa shape index (κ1) is 19.3. The first-order chi connectivity index (χ1) is 12.4. The third-order valence-corrected chi connectivity index (χ3v) is 7.26. The molecule has 2 aliphatic heterocycles. The van der Waals surface area contributed by atoms with Crippen molar-refractivity contribution in [3.63, 3.8) is 0 Å². The molecule has 1 unspecified atom stereocenters. The van der Waals surface area contributed by atoms with E-state index in [-0.39, 0.29) is 23.9 Å². The highest BCUT2D eigenvalue weighted by molar-refractivity contribution is 7.89. The van der Waals surface area contributed by atoms with E-state index in [1.165, 1.54) is 28.9 Å². The summed E-state index contributed by atoms with van der Waals surface area (Å²) in [4.78, 5) is 16.2. The van der Waals surface area contributed by atoms with Crippen molar-refractivity contribution in [2.45, 2.75) is 37.1 Å². The SMILES string of the molecule is CC1CCCCN1CC(=O)N1CCN(S(=O)(=O)c2ccccc2F)CC1. The molecule has 0 aromatic heterocycles. The van der Waals surface area contributed by atoms with Gasteiger partial charge in [-0.1, -0.05) is 18.6 Å². The summed E-state index contributed by atoms with van der Waals surface area (Å²) in [5.74, 6) is -0.702. The minimum Gasteiger partial charge on any atom is -0.339 e. The summed E-state index contributed by atoms with van der Waals surface area (Å²) in [6.45, 7) is 4.54. The quantitative estimate of drug-likeness (QED) is 0.791. The molecule has 6 nitrogen and oxygen atoms in total. The van der Waals surface area contributed by atoms with Crippen LogP contribution in [0.2, 0.25) is 0 Å². The van der Waals surface area contributed by atoms with Gasteiger partial charge in [0.1, 0.15) is 10.7 Å². The number of benzene rings is 1. The van der Waals surface area contributed by atoms with Crippen molar-refractivity contribution in [2.24, 2.45) is 0 Å². The van der Waals surface area contributed by atoms with Gasteiger partial charge in [0.15, 0.2) is 0 Å². The molecule has 0 N–H and O–H groups in total. The second kappa shape index (κ2) is 8.02. The van der Waals surface area contributed by atoms with Gasteiger partial charge in [0.25, 0.3) is 0 Å². The third kappa shape index (κ3) is 4.07. The molecular formula is C18H26FN3O3S. The predicted octanol–water partition coefficient (Wildman–Crippen LogP) is 1.53. The van der Waals surface area contributed by atoms with E-state index < -0.39 is 15.8 Å². The van der Waals surface area contributed by atoms with Gasteiger partial charge in [-0.15, -0.1) is 0 Å². The summed E-state index contributed by atoms with van der Waals surface area (Å²) in [5.41, 5.74) is 0. The number of carbonyl (C=O) groups is 1. The van der Waals surface area contributed by atoms with Gasteiger partial charge < -0.3 is 4.90 Å². The van der Waals surface area contributed by atoms with E-state index in [1.807, 2.05) is 0 Å². The zero-order valence-corrected chi connectivity index (χ0v) is 15.9. The summed E-state index contributed by atoms with van der Waals surface area (Å²) >= 11 is 0. The van der Waals surface area contributed by atoms with Crippen LogP contribution in [0, 0.1) is 5.82 Å². The molecule has 1 aromatic carbocycles. The standard InChI is InChI=1S/C18H26FN3O3S/c1-15-6-4-5-9-21(15)14-18(23)20-10-12-22(13-11-20)26(24,25)17-8-3-2-7-16(17)19/h2-3,7-8,15H,4-6,9-14H2,1H3. The van der Waals surface area contributed by atoms with Gasteiger partial charge in [0.05, 0.1) is 6.54 Å². The monoisotopic (exact) mass is 383 g/mol. The number of halogens is 1. The summed E-state index contributed by atoms with van der Waals surface area (Å²) < 4.78 is 40.4. The van der Waals surface area contributed by atoms with E-state index in [9.17, 15) is 17.6 Å². The van der Waals surface area contributed by atoms with Crippen molar-refractivity contribution in [3.8, 4) is 0 Å². The number of rotatable bonds is 4. The topological polar surface area (TPSA) is 60.9 Å². The lowest BCUT2D eigenvalue weighted by molar-refractivity contribution is -0.134. The van der Waals surface area contributed by atoms with E-state index >= 15 is 0 Å². The Bertz CT molecular complexity index is 748. The minimum atomic E-state index is -3.87. The van der Waals surface area contributed by atoms with Crippen LogP contribution in [0.4, 0.5) is 4.39 Å². The van der Waals surface area contributed by atoms with Gasteiger partial charge in [-0.25, -0.2) is 12.8 Å². The fourth-order valence-electron chi connectivity index (χ4n) is 3.64. The van der Waals surface area contributed by atoms with E-state index in [4.69, 9.17) is 0 Å². The summed E-state index contributed by atoms with van der Waals surface area (Å²) in [5, 5.41) is 0. The highest BCUT2D eigenvalue weighted by atomic mass is 32.2. The Hall–Kier alpha value is -1.51. The van der Waals surface area contributed by atoms with Crippen LogP contribution < -0.4 is 0 Å². The number of carbonyl (C=O) groups excluding carboxylic acids is 1. The van der Waals surface area contributed by atoms with Crippen LogP contribution in [0.3, 0.4) is 0 Å². The number of likely N-dealkylation sites (tertiary alicyclic amines) is 1. The van der Waals surface area contributed by atoms with Crippen molar-refractivity contribution in [3.05, 3.63) is 30.1 Å². The number of sulfonamides is 1. The average molecular weight is 383 g/mol. The van der Waals surface area contributed by atoms with Crippen molar-refractivity contribution >= 4 is 15.9 Å². The third-order valence-electron chi connectivity index (χ3n) is 5.32. The number of hydrogen-bond donors (Lipinski definition) is 0. The molecule has 1 aromatic rings. The molecule has 144 valence electrons. The van der Waals surface area contributed by atoms with Gasteiger partial charge in [-0.05, 0) is 38.4 Å². The fourth-order valence-corrected chi connectivity index (χ4v) is 5.12. The predicted molar refractivity (Wildman–Crippen MR) is 96.6 cm³/mol. The minimum absolute atomic E-state index is 0.0432. The number of piperidine rings is 1. The maximum absolute atomic E-state index is 13.9. The van der Waals surface area contributed by atoms with Crippen LogP contribution in [-0.2, 0) is 14.8 Å². The van der Waals surface area contributed by atoms with Crippen molar-refractivity contribution in [2.75, 3.05) is 39.3 Å². The maximum atomic E-state index is 13.9. The molecule has 3 rings (SSSR count). The molecular weight excluding hydrogens is 357 g/mol. The average Bonchev–Trinajstić information content (AvgIpc) is 2.64. The lowest BCUT2D eigenvalue weighted by Crippen LogP contribution is -2.53. The summed E-state index contributed by atoms with van der Waals surface area (Å²) in [7, 11) is -3.87. The lowest BCUT2D eigenvalue weighted by atomic mass is 10.0. The molecule has 2 heterocycles. The van der Waals surface area contributed by atoms with Crippen LogP contribution in [0.5, 0.6) is 0 Å². The van der Waals surface area contributed by atoms with Crippen LogP contribution in [0.25, 0.3) is 0 Å². The lowest BCUT2D eigenvalue weighted by Gasteiger charge is -2.37. The maximum Gasteiger partial charge on any atom is 0.246 e. The van der Waals surface area contributed by atoms with Crippen LogP contribution >= 0.6 is 0 Å². The van der Waals surface area contributed by atoms with E-state index in [0.29, 0.717) is 25.7 Å². The molecule has 2 saturated heterocycles. The summed E-state index contributed by atoms with van der Waals surface area (Å²) in [6.07, 6.45) is 3.44. The molecule has 2 aliphatic rings. The Kier molecular flexibility index (Phi) is 5.94. The second-order valence-electron chi connectivity index (χ2n) is 7.03. The van der Waals surface area contributed by atoms with Gasteiger partial charge in [-0.2, -0.15) is 4.31 Å². The second-order valence-corrected chi connectivity index (χ2v) is 8.94. The van der Waals surface area contributed by atoms with Crippen molar-refractivity contribution < 1.29 is 17.6 Å². The van der Waals surface area contributed by atoms with E-state index in [1.54, 1.807) is 4.90 Å². The molecule has 8 heteroatoms. The Balaban J connectivity index is 1.58. The Labute approximate surface area is 154 Å². The van der Waals surface area contributed by atoms with Crippen molar-refractivity contribution in [1.29, 1.82) is 0 Å². The summed E-state index contributed by atoms with van der Waals surface area (Å²) in [6, 6.07) is 5.81. The van der Waals surface area contributed by atoms with E-state index in [0.717, 1.165) is 25.5 Å². The Morgan fingerprint density at radius 3 is 2.46 bits per heavy atom. The van der Waals surface area contributed by atoms with Gasteiger partial charge >= 0.3 is 0 Å². The largest absolute Gasteiger partial charge is 0.339 e. The molecule has 26 heavy (non-hydrogen) atoms. The number of amides is 1. The zero-order valence-electron chi connectivity index (χ0n) is 15.1. The van der Waals surface area contributed by atoms with Crippen LogP contribution in [-0.4, -0.2) is 73.7 Å². The Morgan fingerprint density at radius 1 is 1.12 bits per heavy atom. The van der Waals surface area contributed by atoms with E-state index in [2.05, 4.69) is 11.8 Å². The normalized spacial score (nSPS) is 23.2. The zero-order chi connectivity index (χ0) is 18.7. The Morgan fingerprint density at radius 2 is 1.81 bits per heavy atom. The smallest absolute Gasteiger partial charge is 0.246 e. The first-order valence-corrected chi connectivity index (χ1v) is 10.6. The number of nitrogens with zero attached hydrogens (tertiary/aromatic N) is 3. The fraction of sp³-hybridized carbons (Fsp3) is 0.611. The molecule has 0 aliphatic carbocycles. The van der Waals surface area contributed by atoms with Gasteiger partial charge in [0.2, 0.25) is 15.9 Å². The van der Waals surface area contributed by atoms with Gasteiger partial charge in [0, 0.05) is 32.2 Å². The highest BCUT2D eigenvalue weighted by Crippen LogP contribution is 2.21. The van der Waals surface area contributed by atoms with Gasteiger partial charge in [-0.3, -0.25) is 9.69 Å². The number of piperazine rings is 1. The molecule has 0 bridgehead atoms. The highest BCUT2D eigenvalue weighted by Gasteiger charge is 2.32. The first-order valence-electron chi connectivity index (χ1n) is 9.16. The number of hydrogen-bond acceptors (Lipinski definition) is 4. The molecule has 1 atom stereocenters. The molecule has 0 saturated carbocycles. The molecule has 0 spiro atoms. The molecule has 2 fully saturated rings. The molecule has 0 radical (unpaired) electrons. The molecule has 1 amide bonds. The van der Waals surface area contributed by atoms with Crippen LogP contribution in [0.1, 0.15) is 26.2 Å².